The van der Waals surface area contributed by atoms with Gasteiger partial charge in [-0.15, -0.1) is 0 Å². The van der Waals surface area contributed by atoms with Crippen LogP contribution in [0.1, 0.15) is 24.8 Å². The summed E-state index contributed by atoms with van der Waals surface area (Å²) in [5.74, 6) is 0.894. The van der Waals surface area contributed by atoms with E-state index in [-0.39, 0.29) is 0 Å². The maximum atomic E-state index is 5.84. The minimum atomic E-state index is 0.366. The van der Waals surface area contributed by atoms with E-state index in [0.29, 0.717) is 6.10 Å². The molecule has 0 radical (unpaired) electrons. The van der Waals surface area contributed by atoms with Crippen LogP contribution in [-0.2, 0) is 11.3 Å². The van der Waals surface area contributed by atoms with Gasteiger partial charge in [0.1, 0.15) is 5.75 Å². The zero-order valence-corrected chi connectivity index (χ0v) is 11.9. The van der Waals surface area contributed by atoms with E-state index in [1.807, 2.05) is 18.2 Å². The zero-order valence-electron chi connectivity index (χ0n) is 11.9. The first kappa shape index (κ1) is 14.2. The molecular formula is C15H24N2O2. The van der Waals surface area contributed by atoms with E-state index in [0.717, 1.165) is 36.7 Å². The summed E-state index contributed by atoms with van der Waals surface area (Å²) in [6.45, 7) is 2.69. The predicted octanol–water partition coefficient (Wildman–Crippen LogP) is 2.28. The van der Waals surface area contributed by atoms with E-state index in [2.05, 4.69) is 11.9 Å². The molecule has 0 bridgehead atoms. The monoisotopic (exact) mass is 264 g/mol. The van der Waals surface area contributed by atoms with Gasteiger partial charge in [0.2, 0.25) is 0 Å². The van der Waals surface area contributed by atoms with Gasteiger partial charge in [0.05, 0.1) is 13.2 Å². The molecule has 0 saturated carbocycles. The van der Waals surface area contributed by atoms with Crippen molar-refractivity contribution in [2.75, 3.05) is 33.0 Å². The largest absolute Gasteiger partial charge is 0.496 e. The third-order valence-electron chi connectivity index (χ3n) is 3.53. The van der Waals surface area contributed by atoms with Crippen molar-refractivity contribution in [2.24, 2.45) is 0 Å². The Hall–Kier alpha value is -1.26. The summed E-state index contributed by atoms with van der Waals surface area (Å²) in [6.07, 6.45) is 4.01. The van der Waals surface area contributed by atoms with Crippen molar-refractivity contribution in [3.8, 4) is 5.75 Å². The van der Waals surface area contributed by atoms with Crippen molar-refractivity contribution in [3.63, 3.8) is 0 Å². The molecule has 0 aromatic heterocycles. The molecule has 2 N–H and O–H groups in total. The van der Waals surface area contributed by atoms with Gasteiger partial charge in [-0.1, -0.05) is 0 Å². The summed E-state index contributed by atoms with van der Waals surface area (Å²) in [4.78, 5) is 2.27. The van der Waals surface area contributed by atoms with Gasteiger partial charge in [0, 0.05) is 30.9 Å². The number of nitrogens with two attached hydrogens (primary N) is 1. The normalized spacial score (nSPS) is 19.6. The van der Waals surface area contributed by atoms with E-state index >= 15 is 0 Å². The molecule has 1 atom stereocenters. The van der Waals surface area contributed by atoms with Crippen LogP contribution in [0, 0.1) is 0 Å². The van der Waals surface area contributed by atoms with Gasteiger partial charge in [0.25, 0.3) is 0 Å². The highest BCUT2D eigenvalue weighted by atomic mass is 16.5. The molecule has 106 valence electrons. The Morgan fingerprint density at radius 2 is 2.26 bits per heavy atom. The maximum Gasteiger partial charge on any atom is 0.123 e. The molecule has 4 heteroatoms. The lowest BCUT2D eigenvalue weighted by Gasteiger charge is -2.27. The minimum Gasteiger partial charge on any atom is -0.496 e. The summed E-state index contributed by atoms with van der Waals surface area (Å²) in [6, 6.07) is 5.78. The molecule has 1 unspecified atom stereocenters. The Bertz CT molecular complexity index is 403. The van der Waals surface area contributed by atoms with Crippen LogP contribution in [0.25, 0.3) is 0 Å². The zero-order chi connectivity index (χ0) is 13.7. The molecule has 1 aromatic carbocycles. The van der Waals surface area contributed by atoms with E-state index in [1.165, 1.54) is 19.3 Å². The summed E-state index contributed by atoms with van der Waals surface area (Å²) in [5, 5.41) is 0. The van der Waals surface area contributed by atoms with Gasteiger partial charge in [-0.2, -0.15) is 0 Å². The summed E-state index contributed by atoms with van der Waals surface area (Å²) >= 11 is 0. The fraction of sp³-hybridized carbons (Fsp3) is 0.600. The van der Waals surface area contributed by atoms with E-state index < -0.39 is 0 Å². The lowest BCUT2D eigenvalue weighted by molar-refractivity contribution is -0.00267. The highest BCUT2D eigenvalue weighted by Crippen LogP contribution is 2.23. The third-order valence-corrected chi connectivity index (χ3v) is 3.53. The lowest BCUT2D eigenvalue weighted by atomic mass is 10.1. The quantitative estimate of drug-likeness (QED) is 0.829. The summed E-state index contributed by atoms with van der Waals surface area (Å²) in [5.41, 5.74) is 7.75. The molecular weight excluding hydrogens is 240 g/mol. The summed E-state index contributed by atoms with van der Waals surface area (Å²) < 4.78 is 11.1. The lowest BCUT2D eigenvalue weighted by Crippen LogP contribution is -2.33. The van der Waals surface area contributed by atoms with Gasteiger partial charge < -0.3 is 15.2 Å². The van der Waals surface area contributed by atoms with Crippen molar-refractivity contribution in [1.29, 1.82) is 0 Å². The number of nitrogens with zero attached hydrogens (tertiary/aromatic N) is 1. The van der Waals surface area contributed by atoms with Gasteiger partial charge >= 0.3 is 0 Å². The number of rotatable bonds is 5. The molecule has 1 aromatic rings. The molecule has 4 nitrogen and oxygen atoms in total. The second-order valence-corrected chi connectivity index (χ2v) is 5.26. The second-order valence-electron chi connectivity index (χ2n) is 5.26. The molecule has 0 aliphatic carbocycles. The van der Waals surface area contributed by atoms with Gasteiger partial charge in [-0.05, 0) is 44.5 Å². The van der Waals surface area contributed by atoms with Crippen LogP contribution in [0.2, 0.25) is 0 Å². The van der Waals surface area contributed by atoms with Gasteiger partial charge in [-0.25, -0.2) is 0 Å². The number of benzene rings is 1. The molecule has 1 aliphatic rings. The minimum absolute atomic E-state index is 0.366. The molecule has 1 heterocycles. The van der Waals surface area contributed by atoms with Crippen LogP contribution in [0.5, 0.6) is 5.75 Å². The molecule has 0 spiro atoms. The fourth-order valence-corrected chi connectivity index (χ4v) is 2.58. The fourth-order valence-electron chi connectivity index (χ4n) is 2.58. The second kappa shape index (κ2) is 6.78. The van der Waals surface area contributed by atoms with Gasteiger partial charge in [-0.3, -0.25) is 4.90 Å². The van der Waals surface area contributed by atoms with E-state index in [1.54, 1.807) is 7.11 Å². The van der Waals surface area contributed by atoms with E-state index in [9.17, 15) is 0 Å². The average Bonchev–Trinajstić information content (AvgIpc) is 2.40. The number of likely N-dealkylation sites (N-methyl/N-ethyl adjacent to an activating group) is 1. The van der Waals surface area contributed by atoms with Crippen molar-refractivity contribution < 1.29 is 9.47 Å². The smallest absolute Gasteiger partial charge is 0.123 e. The van der Waals surface area contributed by atoms with Crippen LogP contribution >= 0.6 is 0 Å². The number of ether oxygens (including phenoxy) is 2. The molecule has 1 aliphatic heterocycles. The van der Waals surface area contributed by atoms with Crippen LogP contribution < -0.4 is 10.5 Å². The highest BCUT2D eigenvalue weighted by Gasteiger charge is 2.16. The topological polar surface area (TPSA) is 47.7 Å². The predicted molar refractivity (Wildman–Crippen MR) is 77.3 cm³/mol. The number of nitrogen functional groups attached to an aromatic ring is 1. The Balaban J connectivity index is 1.93. The van der Waals surface area contributed by atoms with Crippen LogP contribution in [0.3, 0.4) is 0 Å². The first-order valence-corrected chi connectivity index (χ1v) is 6.91. The molecule has 0 amide bonds. The number of hydrogen-bond acceptors (Lipinski definition) is 4. The average molecular weight is 264 g/mol. The Morgan fingerprint density at radius 3 is 2.95 bits per heavy atom. The molecule has 2 rings (SSSR count). The van der Waals surface area contributed by atoms with Crippen molar-refractivity contribution in [2.45, 2.75) is 31.9 Å². The number of anilines is 1. The van der Waals surface area contributed by atoms with E-state index in [4.69, 9.17) is 15.2 Å². The Morgan fingerprint density at radius 1 is 1.42 bits per heavy atom. The Labute approximate surface area is 115 Å². The Kier molecular flexibility index (Phi) is 5.05. The first-order valence-electron chi connectivity index (χ1n) is 6.91. The van der Waals surface area contributed by atoms with Crippen molar-refractivity contribution in [1.82, 2.24) is 4.90 Å². The molecule has 1 saturated heterocycles. The standard InChI is InChI=1S/C15H24N2O2/c1-17(11-14-5-3-4-8-19-14)10-12-9-13(16)6-7-15(12)18-2/h6-7,9,14H,3-5,8,10-11,16H2,1-2H3. The van der Waals surface area contributed by atoms with Crippen LogP contribution in [-0.4, -0.2) is 38.3 Å². The van der Waals surface area contributed by atoms with Crippen LogP contribution in [0.4, 0.5) is 5.69 Å². The number of methoxy groups -OCH3 is 1. The number of hydrogen-bond donors (Lipinski definition) is 1. The van der Waals surface area contributed by atoms with Crippen LogP contribution in [0.15, 0.2) is 18.2 Å². The highest BCUT2D eigenvalue weighted by molar-refractivity contribution is 5.47. The molecule has 19 heavy (non-hydrogen) atoms. The van der Waals surface area contributed by atoms with Gasteiger partial charge in [0.15, 0.2) is 0 Å². The first-order chi connectivity index (χ1) is 9.19. The summed E-state index contributed by atoms with van der Waals surface area (Å²) in [7, 11) is 3.81. The SMILES string of the molecule is COc1ccc(N)cc1CN(C)CC1CCCCO1. The molecule has 1 fully saturated rings. The van der Waals surface area contributed by atoms with Crippen molar-refractivity contribution in [3.05, 3.63) is 23.8 Å². The van der Waals surface area contributed by atoms with Crippen molar-refractivity contribution >= 4 is 5.69 Å². The third kappa shape index (κ3) is 4.11. The maximum absolute atomic E-state index is 5.84.